The molecule has 0 radical (unpaired) electrons. The lowest BCUT2D eigenvalue weighted by molar-refractivity contribution is 0.000632. The van der Waals surface area contributed by atoms with Crippen LogP contribution in [0.5, 0.6) is 0 Å². The molecule has 1 atom stereocenters. The molecule has 16 heavy (non-hydrogen) atoms. The van der Waals surface area contributed by atoms with Gasteiger partial charge in [-0.05, 0) is 42.0 Å². The average Bonchev–Trinajstić information content (AvgIpc) is 2.60. The summed E-state index contributed by atoms with van der Waals surface area (Å²) in [6, 6.07) is 5.21. The third kappa shape index (κ3) is 2.60. The van der Waals surface area contributed by atoms with Gasteiger partial charge in [-0.2, -0.15) is 5.48 Å². The van der Waals surface area contributed by atoms with Crippen molar-refractivity contribution in [1.82, 2.24) is 5.48 Å². The van der Waals surface area contributed by atoms with E-state index in [-0.39, 0.29) is 11.9 Å². The highest BCUT2D eigenvalue weighted by Gasteiger charge is 2.22. The molecule has 1 N–H and O–H groups in total. The third-order valence-electron chi connectivity index (χ3n) is 2.83. The van der Waals surface area contributed by atoms with Crippen molar-refractivity contribution in [3.63, 3.8) is 0 Å². The second kappa shape index (κ2) is 4.93. The molecule has 1 aromatic rings. The molecular formula is C13H18FNO. The van der Waals surface area contributed by atoms with Crippen molar-refractivity contribution >= 4 is 0 Å². The standard InChI is InChI=1S/C13H18FNO/c1-9(2)8-16-15-13-6-3-10-7-11(14)4-5-12(10)13/h4-5,7,9,13,15H,3,6,8H2,1-2H3. The molecule has 3 heteroatoms. The number of aryl methyl sites for hydroxylation is 1. The summed E-state index contributed by atoms with van der Waals surface area (Å²) < 4.78 is 13.0. The van der Waals surface area contributed by atoms with E-state index < -0.39 is 0 Å². The van der Waals surface area contributed by atoms with Gasteiger partial charge in [-0.25, -0.2) is 4.39 Å². The van der Waals surface area contributed by atoms with Crippen molar-refractivity contribution in [2.45, 2.75) is 32.7 Å². The van der Waals surface area contributed by atoms with Crippen molar-refractivity contribution in [1.29, 1.82) is 0 Å². The molecule has 0 fully saturated rings. The number of hydroxylamine groups is 1. The smallest absolute Gasteiger partial charge is 0.123 e. The first-order valence-electron chi connectivity index (χ1n) is 5.82. The maximum Gasteiger partial charge on any atom is 0.123 e. The highest BCUT2D eigenvalue weighted by molar-refractivity contribution is 5.34. The molecule has 88 valence electrons. The van der Waals surface area contributed by atoms with E-state index in [1.807, 2.05) is 6.07 Å². The Bertz CT molecular complexity index is 365. The molecule has 0 heterocycles. The molecule has 0 saturated carbocycles. The van der Waals surface area contributed by atoms with Crippen molar-refractivity contribution < 1.29 is 9.23 Å². The Balaban J connectivity index is 1.95. The van der Waals surface area contributed by atoms with E-state index in [1.165, 1.54) is 11.6 Å². The van der Waals surface area contributed by atoms with Gasteiger partial charge >= 0.3 is 0 Å². The van der Waals surface area contributed by atoms with E-state index in [9.17, 15) is 4.39 Å². The number of hydrogen-bond donors (Lipinski definition) is 1. The van der Waals surface area contributed by atoms with Gasteiger partial charge in [0.1, 0.15) is 5.82 Å². The van der Waals surface area contributed by atoms with Crippen LogP contribution < -0.4 is 5.48 Å². The Hall–Kier alpha value is -0.930. The fourth-order valence-corrected chi connectivity index (χ4v) is 2.02. The fraction of sp³-hybridized carbons (Fsp3) is 0.538. The Kier molecular flexibility index (Phi) is 3.56. The molecule has 1 aromatic carbocycles. The summed E-state index contributed by atoms with van der Waals surface area (Å²) in [5.74, 6) is 0.365. The predicted octanol–water partition coefficient (Wildman–Crippen LogP) is 2.99. The van der Waals surface area contributed by atoms with Gasteiger partial charge in [-0.3, -0.25) is 0 Å². The molecular weight excluding hydrogens is 205 g/mol. The molecule has 0 spiro atoms. The second-order valence-electron chi connectivity index (χ2n) is 4.76. The first kappa shape index (κ1) is 11.6. The number of nitrogens with one attached hydrogen (secondary N) is 1. The van der Waals surface area contributed by atoms with Crippen molar-refractivity contribution in [2.75, 3.05) is 6.61 Å². The summed E-state index contributed by atoms with van der Waals surface area (Å²) >= 11 is 0. The molecule has 2 nitrogen and oxygen atoms in total. The van der Waals surface area contributed by atoms with E-state index in [1.54, 1.807) is 6.07 Å². The van der Waals surface area contributed by atoms with Crippen LogP contribution in [0.15, 0.2) is 18.2 Å². The van der Waals surface area contributed by atoms with Gasteiger partial charge in [0, 0.05) is 0 Å². The van der Waals surface area contributed by atoms with Crippen LogP contribution in [0.4, 0.5) is 4.39 Å². The van der Waals surface area contributed by atoms with Crippen LogP contribution in [0.3, 0.4) is 0 Å². The largest absolute Gasteiger partial charge is 0.301 e. The fourth-order valence-electron chi connectivity index (χ4n) is 2.02. The molecule has 0 aliphatic heterocycles. The Morgan fingerprint density at radius 3 is 3.06 bits per heavy atom. The average molecular weight is 223 g/mol. The van der Waals surface area contributed by atoms with Gasteiger partial charge < -0.3 is 4.84 Å². The SMILES string of the molecule is CC(C)CONC1CCc2cc(F)ccc21. The summed E-state index contributed by atoms with van der Waals surface area (Å²) in [6.07, 6.45) is 1.91. The normalized spacial score (nSPS) is 19.1. The van der Waals surface area contributed by atoms with Gasteiger partial charge in [0.2, 0.25) is 0 Å². The number of fused-ring (bicyclic) bond motifs is 1. The van der Waals surface area contributed by atoms with E-state index in [2.05, 4.69) is 19.3 Å². The van der Waals surface area contributed by atoms with E-state index >= 15 is 0 Å². The lowest BCUT2D eigenvalue weighted by Gasteiger charge is -2.15. The second-order valence-corrected chi connectivity index (χ2v) is 4.76. The molecule has 0 saturated heterocycles. The highest BCUT2D eigenvalue weighted by Crippen LogP contribution is 2.31. The quantitative estimate of drug-likeness (QED) is 0.792. The van der Waals surface area contributed by atoms with Crippen LogP contribution >= 0.6 is 0 Å². The minimum Gasteiger partial charge on any atom is -0.301 e. The summed E-state index contributed by atoms with van der Waals surface area (Å²) in [5.41, 5.74) is 5.34. The van der Waals surface area contributed by atoms with Crippen LogP contribution in [-0.4, -0.2) is 6.61 Å². The van der Waals surface area contributed by atoms with E-state index in [0.717, 1.165) is 18.4 Å². The van der Waals surface area contributed by atoms with Crippen molar-refractivity contribution in [2.24, 2.45) is 5.92 Å². The maximum atomic E-state index is 13.0. The molecule has 0 amide bonds. The number of benzene rings is 1. The summed E-state index contributed by atoms with van der Waals surface area (Å²) in [4.78, 5) is 5.42. The predicted molar refractivity (Wildman–Crippen MR) is 61.4 cm³/mol. The molecule has 2 rings (SSSR count). The minimum absolute atomic E-state index is 0.150. The molecule has 0 aromatic heterocycles. The van der Waals surface area contributed by atoms with Gasteiger partial charge in [0.15, 0.2) is 0 Å². The first-order chi connectivity index (χ1) is 7.66. The van der Waals surface area contributed by atoms with Crippen molar-refractivity contribution in [3.8, 4) is 0 Å². The monoisotopic (exact) mass is 223 g/mol. The molecule has 1 unspecified atom stereocenters. The lowest BCUT2D eigenvalue weighted by atomic mass is 10.1. The van der Waals surface area contributed by atoms with Crippen molar-refractivity contribution in [3.05, 3.63) is 35.1 Å². The minimum atomic E-state index is -0.150. The lowest BCUT2D eigenvalue weighted by Crippen LogP contribution is -2.22. The maximum absolute atomic E-state index is 13.0. The van der Waals surface area contributed by atoms with Crippen LogP contribution in [-0.2, 0) is 11.3 Å². The zero-order chi connectivity index (χ0) is 11.5. The van der Waals surface area contributed by atoms with Crippen LogP contribution in [0.1, 0.15) is 37.4 Å². The molecule has 1 aliphatic rings. The summed E-state index contributed by atoms with van der Waals surface area (Å²) in [6.45, 7) is 4.92. The van der Waals surface area contributed by atoms with Gasteiger partial charge in [0.05, 0.1) is 12.6 Å². The molecule has 1 aliphatic carbocycles. The summed E-state index contributed by atoms with van der Waals surface area (Å²) in [5, 5.41) is 0. The highest BCUT2D eigenvalue weighted by atomic mass is 19.1. The van der Waals surface area contributed by atoms with Crippen LogP contribution in [0, 0.1) is 11.7 Å². The number of rotatable bonds is 4. The molecule has 0 bridgehead atoms. The first-order valence-corrected chi connectivity index (χ1v) is 5.82. The Morgan fingerprint density at radius 2 is 2.31 bits per heavy atom. The Morgan fingerprint density at radius 1 is 1.50 bits per heavy atom. The third-order valence-corrected chi connectivity index (χ3v) is 2.83. The van der Waals surface area contributed by atoms with Crippen LogP contribution in [0.2, 0.25) is 0 Å². The zero-order valence-corrected chi connectivity index (χ0v) is 9.79. The van der Waals surface area contributed by atoms with E-state index in [0.29, 0.717) is 12.5 Å². The van der Waals surface area contributed by atoms with Gasteiger partial charge in [-0.1, -0.05) is 19.9 Å². The Labute approximate surface area is 95.8 Å². The van der Waals surface area contributed by atoms with E-state index in [4.69, 9.17) is 4.84 Å². The number of hydrogen-bond acceptors (Lipinski definition) is 2. The summed E-state index contributed by atoms with van der Waals surface area (Å²) in [7, 11) is 0. The number of halogens is 1. The van der Waals surface area contributed by atoms with Crippen LogP contribution in [0.25, 0.3) is 0 Å². The van der Waals surface area contributed by atoms with Gasteiger partial charge in [0.25, 0.3) is 0 Å². The topological polar surface area (TPSA) is 21.3 Å². The zero-order valence-electron chi connectivity index (χ0n) is 9.79. The van der Waals surface area contributed by atoms with Gasteiger partial charge in [-0.15, -0.1) is 0 Å².